The summed E-state index contributed by atoms with van der Waals surface area (Å²) in [5, 5.41) is 29.3. The van der Waals surface area contributed by atoms with Gasteiger partial charge in [-0.3, -0.25) is 9.78 Å². The Kier molecular flexibility index (Phi) is 3.83. The zero-order chi connectivity index (χ0) is 15.1. The van der Waals surface area contributed by atoms with E-state index in [-0.39, 0.29) is 12.0 Å². The first kappa shape index (κ1) is 14.9. The summed E-state index contributed by atoms with van der Waals surface area (Å²) in [6, 6.07) is 0. The first-order chi connectivity index (χ1) is 9.37. The van der Waals surface area contributed by atoms with Gasteiger partial charge in [-0.2, -0.15) is 0 Å². The third kappa shape index (κ3) is 2.01. The lowest BCUT2D eigenvalue weighted by molar-refractivity contribution is -0.101. The van der Waals surface area contributed by atoms with E-state index in [1.807, 2.05) is 0 Å². The number of aromatic amines is 1. The summed E-state index contributed by atoms with van der Waals surface area (Å²) in [5.41, 5.74) is -2.67. The summed E-state index contributed by atoms with van der Waals surface area (Å²) in [4.78, 5) is 25.5. The summed E-state index contributed by atoms with van der Waals surface area (Å²) < 4.78 is 6.70. The van der Waals surface area contributed by atoms with Crippen LogP contribution in [0.3, 0.4) is 0 Å². The average Bonchev–Trinajstić information content (AvgIpc) is 2.68. The number of hydrogen-bond donors (Lipinski definition) is 4. The van der Waals surface area contributed by atoms with Crippen molar-refractivity contribution in [1.82, 2.24) is 9.55 Å². The summed E-state index contributed by atoms with van der Waals surface area (Å²) in [5.74, 6) is 0. The van der Waals surface area contributed by atoms with Crippen molar-refractivity contribution < 1.29 is 20.1 Å². The topological polar surface area (TPSA) is 125 Å². The van der Waals surface area contributed by atoms with Crippen molar-refractivity contribution in [3.05, 3.63) is 32.6 Å². The van der Waals surface area contributed by atoms with Crippen LogP contribution < -0.4 is 11.2 Å². The van der Waals surface area contributed by atoms with Gasteiger partial charge in [-0.15, -0.1) is 0 Å². The molecule has 2 heterocycles. The minimum atomic E-state index is -1.45. The Labute approximate surface area is 114 Å². The van der Waals surface area contributed by atoms with Crippen molar-refractivity contribution in [2.75, 3.05) is 6.61 Å². The molecular weight excluding hydrogens is 268 g/mol. The largest absolute Gasteiger partial charge is 0.394 e. The highest BCUT2D eigenvalue weighted by Crippen LogP contribution is 2.40. The molecule has 0 unspecified atom stereocenters. The predicted octanol–water partition coefficient (Wildman–Crippen LogP) is -2.21. The van der Waals surface area contributed by atoms with Crippen LogP contribution in [0.25, 0.3) is 0 Å². The second-order valence-electron chi connectivity index (χ2n) is 4.93. The van der Waals surface area contributed by atoms with E-state index in [0.29, 0.717) is 0 Å². The van der Waals surface area contributed by atoms with Gasteiger partial charge in [-0.25, -0.2) is 4.79 Å². The highest BCUT2D eigenvalue weighted by Gasteiger charge is 2.55. The van der Waals surface area contributed by atoms with Gasteiger partial charge >= 0.3 is 5.69 Å². The zero-order valence-corrected chi connectivity index (χ0v) is 11.2. The quantitative estimate of drug-likeness (QED) is 0.499. The van der Waals surface area contributed by atoms with Crippen molar-refractivity contribution in [3.8, 4) is 0 Å². The lowest BCUT2D eigenvalue weighted by atomic mass is 9.86. The van der Waals surface area contributed by atoms with E-state index in [9.17, 15) is 19.8 Å². The van der Waals surface area contributed by atoms with Gasteiger partial charge in [0.2, 0.25) is 0 Å². The molecule has 2 rings (SSSR count). The number of aryl methyl sites for hydroxylation is 1. The monoisotopic (exact) mass is 286 g/mol. The first-order valence-electron chi connectivity index (χ1n) is 6.32. The smallest absolute Gasteiger partial charge is 0.328 e. The second kappa shape index (κ2) is 5.13. The maximum atomic E-state index is 12.0. The Morgan fingerprint density at radius 3 is 2.60 bits per heavy atom. The van der Waals surface area contributed by atoms with Crippen LogP contribution in [0.2, 0.25) is 0 Å². The molecule has 112 valence electrons. The SMILES string of the molecule is CC[C@@]1(c2cn(C)c(=O)[nH]c2=O)O[C@H](CO)[C@@H](O)[C@H]1O. The Balaban J connectivity index is 2.61. The minimum Gasteiger partial charge on any atom is -0.394 e. The van der Waals surface area contributed by atoms with Crippen molar-refractivity contribution >= 4 is 0 Å². The Morgan fingerprint density at radius 1 is 1.45 bits per heavy atom. The third-order valence-corrected chi connectivity index (χ3v) is 3.81. The summed E-state index contributed by atoms with van der Waals surface area (Å²) in [6.07, 6.45) is -2.19. The second-order valence-corrected chi connectivity index (χ2v) is 4.93. The molecule has 1 aliphatic heterocycles. The van der Waals surface area contributed by atoms with Crippen LogP contribution in [0.4, 0.5) is 0 Å². The molecule has 0 aromatic carbocycles. The van der Waals surface area contributed by atoms with E-state index in [1.54, 1.807) is 6.92 Å². The number of nitrogens with one attached hydrogen (secondary N) is 1. The van der Waals surface area contributed by atoms with Crippen LogP contribution in [-0.4, -0.2) is 49.8 Å². The average molecular weight is 286 g/mol. The molecule has 0 saturated carbocycles. The van der Waals surface area contributed by atoms with Crippen molar-refractivity contribution in [3.63, 3.8) is 0 Å². The number of hydrogen-bond acceptors (Lipinski definition) is 6. The number of rotatable bonds is 3. The van der Waals surface area contributed by atoms with Gasteiger partial charge in [0, 0.05) is 13.2 Å². The molecule has 8 nitrogen and oxygen atoms in total. The number of aliphatic hydroxyl groups is 3. The fourth-order valence-electron chi connectivity index (χ4n) is 2.60. The molecule has 0 aliphatic carbocycles. The highest BCUT2D eigenvalue weighted by atomic mass is 16.6. The molecule has 1 saturated heterocycles. The lowest BCUT2D eigenvalue weighted by Gasteiger charge is -2.30. The molecule has 1 aromatic heterocycles. The van der Waals surface area contributed by atoms with Gasteiger partial charge < -0.3 is 24.6 Å². The number of ether oxygens (including phenoxy) is 1. The maximum Gasteiger partial charge on any atom is 0.328 e. The van der Waals surface area contributed by atoms with Crippen LogP contribution in [0.5, 0.6) is 0 Å². The van der Waals surface area contributed by atoms with E-state index >= 15 is 0 Å². The zero-order valence-electron chi connectivity index (χ0n) is 11.2. The van der Waals surface area contributed by atoms with Gasteiger partial charge in [0.15, 0.2) is 0 Å². The molecule has 20 heavy (non-hydrogen) atoms. The third-order valence-electron chi connectivity index (χ3n) is 3.81. The van der Waals surface area contributed by atoms with E-state index in [1.165, 1.54) is 13.2 Å². The molecule has 0 radical (unpaired) electrons. The fraction of sp³-hybridized carbons (Fsp3) is 0.667. The molecule has 1 aliphatic rings. The molecule has 0 spiro atoms. The normalized spacial score (nSPS) is 33.5. The van der Waals surface area contributed by atoms with Crippen molar-refractivity contribution in [1.29, 1.82) is 0 Å². The van der Waals surface area contributed by atoms with E-state index in [0.717, 1.165) is 4.57 Å². The van der Waals surface area contributed by atoms with Crippen molar-refractivity contribution in [2.24, 2.45) is 7.05 Å². The number of H-pyrrole nitrogens is 1. The number of aliphatic hydroxyl groups excluding tert-OH is 3. The molecule has 4 atom stereocenters. The van der Waals surface area contributed by atoms with Gasteiger partial charge in [-0.1, -0.05) is 6.92 Å². The summed E-state index contributed by atoms with van der Waals surface area (Å²) >= 11 is 0. The molecule has 1 aromatic rings. The number of aromatic nitrogens is 2. The van der Waals surface area contributed by atoms with Crippen LogP contribution in [-0.2, 0) is 17.4 Å². The number of nitrogens with zero attached hydrogens (tertiary/aromatic N) is 1. The molecule has 0 amide bonds. The molecule has 4 N–H and O–H groups in total. The van der Waals surface area contributed by atoms with Crippen LogP contribution in [0.15, 0.2) is 15.8 Å². The van der Waals surface area contributed by atoms with Gasteiger partial charge in [0.05, 0.1) is 12.2 Å². The molecule has 8 heteroatoms. The summed E-state index contributed by atoms with van der Waals surface area (Å²) in [6.45, 7) is 1.20. The molecule has 1 fully saturated rings. The summed E-state index contributed by atoms with van der Waals surface area (Å²) in [7, 11) is 1.45. The molecular formula is C12H18N2O6. The predicted molar refractivity (Wildman–Crippen MR) is 68.2 cm³/mol. The van der Waals surface area contributed by atoms with Crippen LogP contribution in [0, 0.1) is 0 Å². The van der Waals surface area contributed by atoms with Gasteiger partial charge in [0.25, 0.3) is 5.56 Å². The Morgan fingerprint density at radius 2 is 2.10 bits per heavy atom. The van der Waals surface area contributed by atoms with Crippen LogP contribution >= 0.6 is 0 Å². The maximum absolute atomic E-state index is 12.0. The standard InChI is InChI=1S/C12H18N2O6/c1-3-12(9(17)8(16)7(5-15)20-12)6-4-14(2)11(19)13-10(6)18/h4,7-9,15-17H,3,5H2,1-2H3,(H,13,18,19)/t7-,8-,9-,12+/m1/s1. The van der Waals surface area contributed by atoms with E-state index in [2.05, 4.69) is 4.98 Å². The van der Waals surface area contributed by atoms with Gasteiger partial charge in [-0.05, 0) is 6.42 Å². The first-order valence-corrected chi connectivity index (χ1v) is 6.32. The highest BCUT2D eigenvalue weighted by molar-refractivity contribution is 5.22. The Bertz CT molecular complexity index is 609. The lowest BCUT2D eigenvalue weighted by Crippen LogP contribution is -2.46. The van der Waals surface area contributed by atoms with E-state index in [4.69, 9.17) is 9.84 Å². The minimum absolute atomic E-state index is 0.0459. The Hall–Kier alpha value is -1.48. The fourth-order valence-corrected chi connectivity index (χ4v) is 2.60. The van der Waals surface area contributed by atoms with Gasteiger partial charge in [0.1, 0.15) is 23.9 Å². The van der Waals surface area contributed by atoms with E-state index < -0.39 is 41.8 Å². The molecule has 0 bridgehead atoms. The van der Waals surface area contributed by atoms with Crippen molar-refractivity contribution in [2.45, 2.75) is 37.3 Å². The van der Waals surface area contributed by atoms with Crippen LogP contribution in [0.1, 0.15) is 18.9 Å².